The molecule has 0 aromatic rings. The maximum absolute atomic E-state index is 12.4. The van der Waals surface area contributed by atoms with Crippen molar-refractivity contribution in [3.05, 3.63) is 0 Å². The first-order valence-electron chi connectivity index (χ1n) is 3.29. The van der Waals surface area contributed by atoms with Crippen LogP contribution in [-0.2, 0) is 0 Å². The van der Waals surface area contributed by atoms with E-state index in [-0.39, 0.29) is 6.42 Å². The van der Waals surface area contributed by atoms with E-state index in [9.17, 15) is 8.78 Å². The third-order valence-electron chi connectivity index (χ3n) is 1.35. The highest BCUT2D eigenvalue weighted by molar-refractivity contribution is 4.90. The summed E-state index contributed by atoms with van der Waals surface area (Å²) in [6.07, 6.45) is 0.904. The summed E-state index contributed by atoms with van der Waals surface area (Å²) in [6, 6.07) is 1.59. The highest BCUT2D eigenvalue weighted by Crippen LogP contribution is 2.26. The van der Waals surface area contributed by atoms with E-state index in [0.29, 0.717) is 6.42 Å². The fraction of sp³-hybridized carbons (Fsp3) is 0.857. The first-order chi connectivity index (χ1) is 4.52. The third kappa shape index (κ3) is 2.77. The average molecular weight is 147 g/mol. The van der Waals surface area contributed by atoms with Crippen LogP contribution < -0.4 is 0 Å². The molecule has 0 saturated carbocycles. The number of halogens is 2. The summed E-state index contributed by atoms with van der Waals surface area (Å²) in [5.41, 5.74) is 0. The van der Waals surface area contributed by atoms with Crippen molar-refractivity contribution in [3.8, 4) is 6.07 Å². The van der Waals surface area contributed by atoms with Gasteiger partial charge in [0.2, 0.25) is 0 Å². The van der Waals surface area contributed by atoms with E-state index in [1.54, 1.807) is 13.0 Å². The van der Waals surface area contributed by atoms with E-state index in [0.717, 1.165) is 6.92 Å². The van der Waals surface area contributed by atoms with Gasteiger partial charge in [0.25, 0.3) is 5.92 Å². The summed E-state index contributed by atoms with van der Waals surface area (Å²) in [6.45, 7) is 2.58. The van der Waals surface area contributed by atoms with Gasteiger partial charge in [-0.2, -0.15) is 5.26 Å². The fourth-order valence-corrected chi connectivity index (χ4v) is 0.720. The van der Waals surface area contributed by atoms with Crippen molar-refractivity contribution in [2.24, 2.45) is 5.92 Å². The number of alkyl halides is 2. The molecule has 0 bridgehead atoms. The van der Waals surface area contributed by atoms with Gasteiger partial charge in [0.15, 0.2) is 0 Å². The average Bonchev–Trinajstić information content (AvgIpc) is 1.80. The Hall–Kier alpha value is -0.650. The van der Waals surface area contributed by atoms with Crippen molar-refractivity contribution in [3.63, 3.8) is 0 Å². The minimum Gasteiger partial charge on any atom is -0.206 e. The lowest BCUT2D eigenvalue weighted by Crippen LogP contribution is -2.22. The van der Waals surface area contributed by atoms with E-state index >= 15 is 0 Å². The summed E-state index contributed by atoms with van der Waals surface area (Å²) in [5, 5.41) is 8.26. The van der Waals surface area contributed by atoms with Crippen molar-refractivity contribution < 1.29 is 8.78 Å². The topological polar surface area (TPSA) is 23.8 Å². The van der Waals surface area contributed by atoms with Gasteiger partial charge in [0.05, 0.1) is 6.07 Å². The number of rotatable bonds is 3. The van der Waals surface area contributed by atoms with Gasteiger partial charge in [0.1, 0.15) is 5.92 Å². The molecule has 58 valence electrons. The fourth-order valence-electron chi connectivity index (χ4n) is 0.720. The molecule has 0 aliphatic carbocycles. The maximum Gasteiger partial charge on any atom is 0.260 e. The zero-order valence-electron chi connectivity index (χ0n) is 6.19. The predicted octanol–water partition coefficient (Wildman–Crippen LogP) is 2.58. The highest BCUT2D eigenvalue weighted by atomic mass is 19.3. The monoisotopic (exact) mass is 147 g/mol. The smallest absolute Gasteiger partial charge is 0.206 e. The van der Waals surface area contributed by atoms with Crippen LogP contribution in [0.5, 0.6) is 0 Å². The minimum atomic E-state index is -2.84. The first kappa shape index (κ1) is 9.35. The van der Waals surface area contributed by atoms with E-state index in [2.05, 4.69) is 0 Å². The Morgan fingerprint density at radius 3 is 2.20 bits per heavy atom. The predicted molar refractivity (Wildman–Crippen MR) is 34.6 cm³/mol. The third-order valence-corrected chi connectivity index (χ3v) is 1.35. The van der Waals surface area contributed by atoms with E-state index < -0.39 is 11.8 Å². The molecule has 0 rings (SSSR count). The van der Waals surface area contributed by atoms with E-state index in [1.807, 2.05) is 0 Å². The molecule has 0 saturated heterocycles. The lowest BCUT2D eigenvalue weighted by Gasteiger charge is -2.15. The summed E-state index contributed by atoms with van der Waals surface area (Å²) >= 11 is 0. The van der Waals surface area contributed by atoms with Crippen molar-refractivity contribution in [2.45, 2.75) is 32.6 Å². The summed E-state index contributed by atoms with van der Waals surface area (Å²) in [5.74, 6) is -3.96. The van der Waals surface area contributed by atoms with Gasteiger partial charge in [-0.25, -0.2) is 8.78 Å². The Kier molecular flexibility index (Phi) is 3.27. The van der Waals surface area contributed by atoms with Crippen molar-refractivity contribution >= 4 is 0 Å². The van der Waals surface area contributed by atoms with Crippen LogP contribution in [-0.4, -0.2) is 5.92 Å². The van der Waals surface area contributed by atoms with E-state index in [1.165, 1.54) is 0 Å². The van der Waals surface area contributed by atoms with Crippen LogP contribution in [0.2, 0.25) is 0 Å². The van der Waals surface area contributed by atoms with Gasteiger partial charge < -0.3 is 0 Å². The zero-order chi connectivity index (χ0) is 8.20. The Morgan fingerprint density at radius 1 is 1.60 bits per heavy atom. The summed E-state index contributed by atoms with van der Waals surface area (Å²) < 4.78 is 24.7. The molecule has 0 aromatic carbocycles. The van der Waals surface area contributed by atoms with E-state index in [4.69, 9.17) is 5.26 Å². The van der Waals surface area contributed by atoms with Crippen LogP contribution in [0, 0.1) is 17.2 Å². The van der Waals surface area contributed by atoms with Crippen LogP contribution >= 0.6 is 0 Å². The molecule has 1 unspecified atom stereocenters. The quantitative estimate of drug-likeness (QED) is 0.601. The van der Waals surface area contributed by atoms with Crippen molar-refractivity contribution in [1.29, 1.82) is 5.26 Å². The Labute approximate surface area is 59.7 Å². The van der Waals surface area contributed by atoms with Gasteiger partial charge in [-0.3, -0.25) is 0 Å². The second-order valence-electron chi connectivity index (χ2n) is 2.43. The highest BCUT2D eigenvalue weighted by Gasteiger charge is 2.32. The summed E-state index contributed by atoms with van der Waals surface area (Å²) in [7, 11) is 0. The van der Waals surface area contributed by atoms with Gasteiger partial charge >= 0.3 is 0 Å². The summed E-state index contributed by atoms with van der Waals surface area (Å²) in [4.78, 5) is 0. The van der Waals surface area contributed by atoms with Gasteiger partial charge in [-0.05, 0) is 6.42 Å². The molecule has 0 heterocycles. The number of hydrogen-bond donors (Lipinski definition) is 0. The molecule has 0 aliphatic rings. The van der Waals surface area contributed by atoms with Gasteiger partial charge in [0, 0.05) is 6.92 Å². The van der Waals surface area contributed by atoms with Crippen LogP contribution in [0.1, 0.15) is 26.7 Å². The van der Waals surface area contributed by atoms with Crippen LogP contribution in [0.25, 0.3) is 0 Å². The van der Waals surface area contributed by atoms with Gasteiger partial charge in [-0.1, -0.05) is 13.3 Å². The molecular weight excluding hydrogens is 136 g/mol. The van der Waals surface area contributed by atoms with Crippen molar-refractivity contribution in [1.82, 2.24) is 0 Å². The molecule has 0 radical (unpaired) electrons. The molecule has 0 N–H and O–H groups in total. The maximum atomic E-state index is 12.4. The lowest BCUT2D eigenvalue weighted by molar-refractivity contribution is -0.0208. The first-order valence-corrected chi connectivity index (χ1v) is 3.29. The molecule has 3 heteroatoms. The normalized spacial score (nSPS) is 14.3. The van der Waals surface area contributed by atoms with Crippen LogP contribution in [0.15, 0.2) is 0 Å². The second-order valence-corrected chi connectivity index (χ2v) is 2.43. The number of nitrogens with zero attached hydrogens (tertiary/aromatic N) is 1. The number of hydrogen-bond acceptors (Lipinski definition) is 1. The molecule has 0 amide bonds. The van der Waals surface area contributed by atoms with Gasteiger partial charge in [-0.15, -0.1) is 0 Å². The molecule has 1 nitrogen and oxygen atoms in total. The number of nitriles is 1. The van der Waals surface area contributed by atoms with Crippen LogP contribution in [0.3, 0.4) is 0 Å². The second kappa shape index (κ2) is 3.50. The Balaban J connectivity index is 3.98. The molecule has 0 spiro atoms. The largest absolute Gasteiger partial charge is 0.260 e. The van der Waals surface area contributed by atoms with Crippen LogP contribution in [0.4, 0.5) is 8.78 Å². The standard InChI is InChI=1S/C7H11F2N/c1-3-4-6(5-10)7(2,8)9/h6H,3-4H2,1-2H3. The molecular formula is C7H11F2N. The molecule has 0 aliphatic heterocycles. The lowest BCUT2D eigenvalue weighted by atomic mass is 9.99. The Bertz CT molecular complexity index is 132. The minimum absolute atomic E-state index is 0.278. The Morgan fingerprint density at radius 2 is 2.10 bits per heavy atom. The molecule has 1 atom stereocenters. The molecule has 0 aromatic heterocycles. The SMILES string of the molecule is CCCC(C#N)C(C)(F)F. The zero-order valence-corrected chi connectivity index (χ0v) is 6.19. The van der Waals surface area contributed by atoms with Crippen molar-refractivity contribution in [2.75, 3.05) is 0 Å². The molecule has 10 heavy (non-hydrogen) atoms. The molecule has 0 fully saturated rings.